The minimum absolute atomic E-state index is 0.0453. The van der Waals surface area contributed by atoms with Crippen molar-refractivity contribution in [1.29, 1.82) is 0 Å². The molecule has 0 heterocycles. The summed E-state index contributed by atoms with van der Waals surface area (Å²) in [7, 11) is 0. The fourth-order valence-electron chi connectivity index (χ4n) is 4.37. The molecule has 1 atom stereocenters. The third-order valence-corrected chi connectivity index (χ3v) is 6.82. The van der Waals surface area contributed by atoms with Gasteiger partial charge in [-0.05, 0) is 83.4 Å². The van der Waals surface area contributed by atoms with Crippen LogP contribution in [-0.2, 0) is 0 Å². The highest BCUT2D eigenvalue weighted by atomic mass is 35.5. The van der Waals surface area contributed by atoms with Crippen LogP contribution in [0.5, 0.6) is 0 Å². The van der Waals surface area contributed by atoms with Gasteiger partial charge in [-0.25, -0.2) is 4.79 Å². The molecule has 5 aromatic rings. The van der Waals surface area contributed by atoms with E-state index in [1.807, 2.05) is 42.5 Å². The minimum Gasteiger partial charge on any atom is -0.478 e. The van der Waals surface area contributed by atoms with Crippen molar-refractivity contribution in [2.75, 3.05) is 10.6 Å². The molecule has 1 unspecified atom stereocenters. The van der Waals surface area contributed by atoms with Crippen molar-refractivity contribution >= 4 is 51.9 Å². The number of hydrogen-bond acceptors (Lipinski definition) is 3. The topological polar surface area (TPSA) is 61.4 Å². The third-order valence-electron chi connectivity index (χ3n) is 6.24. The van der Waals surface area contributed by atoms with Gasteiger partial charge in [-0.3, -0.25) is 0 Å². The van der Waals surface area contributed by atoms with Crippen LogP contribution in [0.4, 0.5) is 22.7 Å². The first-order valence-corrected chi connectivity index (χ1v) is 12.8. The predicted octanol–water partition coefficient (Wildman–Crippen LogP) is 9.36. The summed E-state index contributed by atoms with van der Waals surface area (Å²) in [5.41, 5.74) is 7.03. The Bertz CT molecular complexity index is 1540. The molecule has 0 fully saturated rings. The van der Waals surface area contributed by atoms with Crippen LogP contribution in [0.25, 0.3) is 0 Å². The zero-order chi connectivity index (χ0) is 26.5. The van der Waals surface area contributed by atoms with E-state index in [0.29, 0.717) is 10.7 Å². The minimum atomic E-state index is -1.06. The Morgan fingerprint density at radius 3 is 1.55 bits per heavy atom. The van der Waals surface area contributed by atoms with E-state index < -0.39 is 5.97 Å². The number of nitrogens with one attached hydrogen (secondary N) is 2. The van der Waals surface area contributed by atoms with Gasteiger partial charge >= 0.3 is 5.97 Å². The van der Waals surface area contributed by atoms with Gasteiger partial charge in [0, 0.05) is 33.7 Å². The van der Waals surface area contributed by atoms with E-state index in [2.05, 4.69) is 71.3 Å². The van der Waals surface area contributed by atoms with E-state index in [4.69, 9.17) is 23.2 Å². The van der Waals surface area contributed by atoms with Crippen LogP contribution in [-0.4, -0.2) is 11.1 Å². The van der Waals surface area contributed by atoms with E-state index in [1.54, 1.807) is 12.1 Å². The van der Waals surface area contributed by atoms with Crippen LogP contribution in [0.3, 0.4) is 0 Å². The van der Waals surface area contributed by atoms with Crippen molar-refractivity contribution in [3.8, 4) is 0 Å². The summed E-state index contributed by atoms with van der Waals surface area (Å²) in [5, 5.41) is 16.9. The Hall–Kier alpha value is -4.25. The monoisotopic (exact) mass is 538 g/mol. The van der Waals surface area contributed by atoms with Gasteiger partial charge in [0.05, 0.1) is 10.6 Å². The van der Waals surface area contributed by atoms with Gasteiger partial charge in [0.25, 0.3) is 0 Å². The molecule has 6 heteroatoms. The molecule has 0 saturated carbocycles. The van der Waals surface area contributed by atoms with Gasteiger partial charge in [0.1, 0.15) is 0 Å². The van der Waals surface area contributed by atoms with Crippen LogP contribution in [0, 0.1) is 0 Å². The molecule has 0 amide bonds. The molecule has 0 radical (unpaired) electrons. The first kappa shape index (κ1) is 25.4. The highest BCUT2D eigenvalue weighted by molar-refractivity contribution is 6.33. The molecule has 188 valence electrons. The molecule has 0 aliphatic rings. The number of halogens is 2. The number of anilines is 4. The predicted molar refractivity (Wildman–Crippen MR) is 157 cm³/mol. The van der Waals surface area contributed by atoms with E-state index in [1.165, 1.54) is 17.2 Å². The number of carboxylic acid groups (broad SMARTS) is 1. The molecule has 5 rings (SSSR count). The Morgan fingerprint density at radius 1 is 0.579 bits per heavy atom. The first-order valence-electron chi connectivity index (χ1n) is 12.0. The zero-order valence-corrected chi connectivity index (χ0v) is 21.7. The van der Waals surface area contributed by atoms with E-state index in [0.717, 1.165) is 22.6 Å². The van der Waals surface area contributed by atoms with Gasteiger partial charge in [-0.2, -0.15) is 0 Å². The van der Waals surface area contributed by atoms with Crippen LogP contribution < -0.4 is 10.6 Å². The highest BCUT2D eigenvalue weighted by Gasteiger charge is 2.17. The molecule has 0 saturated heterocycles. The van der Waals surface area contributed by atoms with Crippen molar-refractivity contribution < 1.29 is 9.90 Å². The Labute approximate surface area is 231 Å². The molecule has 5 aromatic carbocycles. The lowest BCUT2D eigenvalue weighted by Crippen LogP contribution is -2.04. The standard InChI is InChI=1S/C32H24Cl2N2O2/c33-24-10-16-27(17-11-24)35-25-12-6-22(7-13-25)31(21-4-2-1-3-5-21)23-8-14-26(15-9-23)36-28-18-19-30(34)29(20-28)32(37)38/h1-20,31,35-36H,(H,37,38). The molecule has 4 nitrogen and oxygen atoms in total. The summed E-state index contributed by atoms with van der Waals surface area (Å²) in [5.74, 6) is -1.02. The maximum atomic E-state index is 11.4. The fourth-order valence-corrected chi connectivity index (χ4v) is 4.70. The van der Waals surface area contributed by atoms with Crippen LogP contribution >= 0.6 is 23.2 Å². The maximum Gasteiger partial charge on any atom is 0.337 e. The van der Waals surface area contributed by atoms with E-state index in [-0.39, 0.29) is 16.5 Å². The number of carboxylic acids is 1. The second-order valence-electron chi connectivity index (χ2n) is 8.84. The number of aromatic carboxylic acids is 1. The van der Waals surface area contributed by atoms with Crippen LogP contribution in [0.2, 0.25) is 10.0 Å². The molecule has 0 bridgehead atoms. The number of hydrogen-bond donors (Lipinski definition) is 3. The van der Waals surface area contributed by atoms with Gasteiger partial charge in [0.2, 0.25) is 0 Å². The van der Waals surface area contributed by atoms with Crippen molar-refractivity contribution in [3.63, 3.8) is 0 Å². The number of benzene rings is 5. The van der Waals surface area contributed by atoms with Gasteiger partial charge < -0.3 is 15.7 Å². The molecule has 0 spiro atoms. The third kappa shape index (κ3) is 6.00. The van der Waals surface area contributed by atoms with Crippen LogP contribution in [0.15, 0.2) is 121 Å². The average molecular weight is 539 g/mol. The highest BCUT2D eigenvalue weighted by Crippen LogP contribution is 2.34. The van der Waals surface area contributed by atoms with Gasteiger partial charge in [-0.15, -0.1) is 0 Å². The second kappa shape index (κ2) is 11.4. The van der Waals surface area contributed by atoms with E-state index >= 15 is 0 Å². The van der Waals surface area contributed by atoms with Gasteiger partial charge in [-0.1, -0.05) is 77.8 Å². The average Bonchev–Trinajstić information content (AvgIpc) is 2.93. The largest absolute Gasteiger partial charge is 0.478 e. The fraction of sp³-hybridized carbons (Fsp3) is 0.0312. The van der Waals surface area contributed by atoms with Crippen molar-refractivity contribution in [2.45, 2.75) is 5.92 Å². The Balaban J connectivity index is 1.40. The van der Waals surface area contributed by atoms with Crippen molar-refractivity contribution in [2.24, 2.45) is 0 Å². The quantitative estimate of drug-likeness (QED) is 0.172. The maximum absolute atomic E-state index is 11.4. The zero-order valence-electron chi connectivity index (χ0n) is 20.2. The molecular formula is C32H24Cl2N2O2. The normalized spacial score (nSPS) is 11.5. The Kier molecular flexibility index (Phi) is 7.64. The van der Waals surface area contributed by atoms with Crippen LogP contribution in [0.1, 0.15) is 33.0 Å². The summed E-state index contributed by atoms with van der Waals surface area (Å²) < 4.78 is 0. The lowest BCUT2D eigenvalue weighted by atomic mass is 9.85. The molecule has 0 aromatic heterocycles. The summed E-state index contributed by atoms with van der Waals surface area (Å²) in [4.78, 5) is 11.4. The van der Waals surface area contributed by atoms with Gasteiger partial charge in [0.15, 0.2) is 0 Å². The second-order valence-corrected chi connectivity index (χ2v) is 9.69. The van der Waals surface area contributed by atoms with E-state index in [9.17, 15) is 9.90 Å². The summed E-state index contributed by atoms with van der Waals surface area (Å²) >= 11 is 12.0. The lowest BCUT2D eigenvalue weighted by molar-refractivity contribution is 0.0697. The summed E-state index contributed by atoms with van der Waals surface area (Å²) in [6.07, 6.45) is 0. The number of carbonyl (C=O) groups is 1. The first-order chi connectivity index (χ1) is 18.5. The molecule has 0 aliphatic carbocycles. The lowest BCUT2D eigenvalue weighted by Gasteiger charge is -2.20. The number of rotatable bonds is 8. The molecule has 38 heavy (non-hydrogen) atoms. The van der Waals surface area contributed by atoms with Crippen molar-refractivity contribution in [1.82, 2.24) is 0 Å². The smallest absolute Gasteiger partial charge is 0.337 e. The Morgan fingerprint density at radius 2 is 1.03 bits per heavy atom. The summed E-state index contributed by atoms with van der Waals surface area (Å²) in [6, 6.07) is 39.5. The molecule has 3 N–H and O–H groups in total. The SMILES string of the molecule is O=C(O)c1cc(Nc2ccc(C(c3ccccc3)c3ccc(Nc4ccc(Cl)cc4)cc3)cc2)ccc1Cl. The summed E-state index contributed by atoms with van der Waals surface area (Å²) in [6.45, 7) is 0. The van der Waals surface area contributed by atoms with Crippen molar-refractivity contribution in [3.05, 3.63) is 154 Å². The molecule has 0 aliphatic heterocycles. The molecular weight excluding hydrogens is 515 g/mol.